The predicted molar refractivity (Wildman–Crippen MR) is 72.0 cm³/mol. The zero-order valence-electron chi connectivity index (χ0n) is 10.5. The monoisotopic (exact) mass is 279 g/mol. The molecule has 0 bridgehead atoms. The first-order chi connectivity index (χ1) is 9.04. The van der Waals surface area contributed by atoms with Gasteiger partial charge in [0.05, 0.1) is 17.1 Å². The molecular weight excluding hydrogens is 265 g/mol. The van der Waals surface area contributed by atoms with E-state index in [4.69, 9.17) is 5.11 Å². The third kappa shape index (κ3) is 3.86. The van der Waals surface area contributed by atoms with Crippen molar-refractivity contribution in [1.29, 1.82) is 0 Å². The van der Waals surface area contributed by atoms with Gasteiger partial charge in [-0.3, -0.25) is 4.79 Å². The molecule has 0 radical (unpaired) electrons. The van der Waals surface area contributed by atoms with Crippen molar-refractivity contribution < 1.29 is 14.3 Å². The summed E-state index contributed by atoms with van der Waals surface area (Å²) >= 11 is 1.51. The summed E-state index contributed by atoms with van der Waals surface area (Å²) in [5.41, 5.74) is 1.75. The summed E-state index contributed by atoms with van der Waals surface area (Å²) in [6, 6.07) is 6.44. The first-order valence-electron chi connectivity index (χ1n) is 5.96. The van der Waals surface area contributed by atoms with Crippen molar-refractivity contribution in [2.75, 3.05) is 0 Å². The molecule has 0 aliphatic heterocycles. The molecule has 0 atom stereocenters. The van der Waals surface area contributed by atoms with Gasteiger partial charge in [-0.25, -0.2) is 9.37 Å². The lowest BCUT2D eigenvalue weighted by molar-refractivity contribution is -0.136. The maximum absolute atomic E-state index is 13.1. The topological polar surface area (TPSA) is 50.2 Å². The van der Waals surface area contributed by atoms with Crippen molar-refractivity contribution in [3.8, 4) is 0 Å². The Balaban J connectivity index is 2.09. The van der Waals surface area contributed by atoms with Gasteiger partial charge >= 0.3 is 5.97 Å². The standard InChI is InChI=1S/C14H14FNO2S/c1-9-12(5-6-14(17)18)19-13(16-9)8-10-3-2-4-11(15)7-10/h2-4,7H,5-6,8H2,1H3,(H,17,18). The second-order valence-corrected chi connectivity index (χ2v) is 5.48. The number of hydrogen-bond donors (Lipinski definition) is 1. The van der Waals surface area contributed by atoms with Crippen molar-refractivity contribution in [3.63, 3.8) is 0 Å². The Morgan fingerprint density at radius 1 is 1.47 bits per heavy atom. The smallest absolute Gasteiger partial charge is 0.303 e. The number of carboxylic acid groups (broad SMARTS) is 1. The lowest BCUT2D eigenvalue weighted by Crippen LogP contribution is -1.96. The second kappa shape index (κ2) is 5.93. The van der Waals surface area contributed by atoms with Crippen LogP contribution in [0.25, 0.3) is 0 Å². The molecule has 5 heteroatoms. The van der Waals surface area contributed by atoms with Crippen molar-refractivity contribution in [1.82, 2.24) is 4.98 Å². The highest BCUT2D eigenvalue weighted by Crippen LogP contribution is 2.22. The normalized spacial score (nSPS) is 10.6. The SMILES string of the molecule is Cc1nc(Cc2cccc(F)c2)sc1CCC(=O)O. The molecule has 1 heterocycles. The summed E-state index contributed by atoms with van der Waals surface area (Å²) in [7, 11) is 0. The number of nitrogens with zero attached hydrogens (tertiary/aromatic N) is 1. The molecule has 1 aromatic heterocycles. The van der Waals surface area contributed by atoms with Gasteiger partial charge in [-0.05, 0) is 31.0 Å². The average molecular weight is 279 g/mol. The van der Waals surface area contributed by atoms with Crippen LogP contribution in [0.5, 0.6) is 0 Å². The van der Waals surface area contributed by atoms with Crippen LogP contribution in [0, 0.1) is 12.7 Å². The van der Waals surface area contributed by atoms with Crippen LogP contribution in [0.1, 0.15) is 27.6 Å². The number of carbonyl (C=O) groups is 1. The van der Waals surface area contributed by atoms with E-state index in [2.05, 4.69) is 4.98 Å². The van der Waals surface area contributed by atoms with Gasteiger partial charge in [-0.1, -0.05) is 12.1 Å². The van der Waals surface area contributed by atoms with Gasteiger partial charge in [0.2, 0.25) is 0 Å². The molecule has 1 N–H and O–H groups in total. The lowest BCUT2D eigenvalue weighted by Gasteiger charge is -1.97. The van der Waals surface area contributed by atoms with Crippen molar-refractivity contribution in [2.24, 2.45) is 0 Å². The number of thiazole rings is 1. The first-order valence-corrected chi connectivity index (χ1v) is 6.77. The minimum atomic E-state index is -0.806. The van der Waals surface area contributed by atoms with Gasteiger partial charge in [0.15, 0.2) is 0 Å². The molecule has 1 aromatic carbocycles. The van der Waals surface area contributed by atoms with Crippen LogP contribution in [0.15, 0.2) is 24.3 Å². The Labute approximate surface area is 114 Å². The number of hydrogen-bond acceptors (Lipinski definition) is 3. The van der Waals surface area contributed by atoms with Crippen molar-refractivity contribution >= 4 is 17.3 Å². The number of aromatic nitrogens is 1. The molecule has 0 saturated heterocycles. The van der Waals surface area contributed by atoms with Crippen LogP contribution in [0.4, 0.5) is 4.39 Å². The van der Waals surface area contributed by atoms with Gasteiger partial charge in [-0.2, -0.15) is 0 Å². The summed E-state index contributed by atoms with van der Waals surface area (Å²) < 4.78 is 13.1. The summed E-state index contributed by atoms with van der Waals surface area (Å²) in [6.45, 7) is 1.88. The van der Waals surface area contributed by atoms with Crippen molar-refractivity contribution in [3.05, 3.63) is 51.2 Å². The summed E-state index contributed by atoms with van der Waals surface area (Å²) in [4.78, 5) is 16.0. The van der Waals surface area contributed by atoms with E-state index in [0.29, 0.717) is 12.8 Å². The van der Waals surface area contributed by atoms with E-state index in [1.807, 2.05) is 13.0 Å². The fraction of sp³-hybridized carbons (Fsp3) is 0.286. The lowest BCUT2D eigenvalue weighted by atomic mass is 10.1. The largest absolute Gasteiger partial charge is 0.481 e. The fourth-order valence-electron chi connectivity index (χ4n) is 1.84. The highest BCUT2D eigenvalue weighted by atomic mass is 32.1. The quantitative estimate of drug-likeness (QED) is 0.914. The number of benzene rings is 1. The number of aryl methyl sites for hydroxylation is 2. The Kier molecular flexibility index (Phi) is 4.27. The Morgan fingerprint density at radius 2 is 2.26 bits per heavy atom. The molecule has 0 unspecified atom stereocenters. The van der Waals surface area contributed by atoms with Gasteiger partial charge in [-0.15, -0.1) is 11.3 Å². The Morgan fingerprint density at radius 3 is 2.95 bits per heavy atom. The number of rotatable bonds is 5. The third-order valence-corrected chi connectivity index (χ3v) is 3.96. The van der Waals surface area contributed by atoms with Crippen LogP contribution in [0.3, 0.4) is 0 Å². The molecule has 19 heavy (non-hydrogen) atoms. The minimum Gasteiger partial charge on any atom is -0.481 e. The van der Waals surface area contributed by atoms with E-state index in [9.17, 15) is 9.18 Å². The second-order valence-electron chi connectivity index (χ2n) is 4.32. The summed E-state index contributed by atoms with van der Waals surface area (Å²) in [6.07, 6.45) is 1.20. The molecular formula is C14H14FNO2S. The predicted octanol–water partition coefficient (Wildman–Crippen LogP) is 3.20. The summed E-state index contributed by atoms with van der Waals surface area (Å²) in [5.74, 6) is -1.06. The number of carboxylic acids is 1. The van der Waals surface area contributed by atoms with Crippen LogP contribution < -0.4 is 0 Å². The van der Waals surface area contributed by atoms with E-state index in [0.717, 1.165) is 21.1 Å². The molecule has 0 spiro atoms. The summed E-state index contributed by atoms with van der Waals surface area (Å²) in [5, 5.41) is 9.57. The molecule has 0 fully saturated rings. The molecule has 0 aliphatic carbocycles. The van der Waals surface area contributed by atoms with Crippen LogP contribution in [0.2, 0.25) is 0 Å². The third-order valence-electron chi connectivity index (χ3n) is 2.75. The molecule has 3 nitrogen and oxygen atoms in total. The number of halogens is 1. The van der Waals surface area contributed by atoms with Crippen LogP contribution in [-0.4, -0.2) is 16.1 Å². The first kappa shape index (κ1) is 13.7. The van der Waals surface area contributed by atoms with E-state index in [1.165, 1.54) is 23.5 Å². The molecule has 0 saturated carbocycles. The Bertz CT molecular complexity index is 595. The molecule has 0 aliphatic rings. The van der Waals surface area contributed by atoms with E-state index in [1.54, 1.807) is 6.07 Å². The number of aliphatic carboxylic acids is 1. The minimum absolute atomic E-state index is 0.114. The zero-order valence-corrected chi connectivity index (χ0v) is 11.3. The van der Waals surface area contributed by atoms with E-state index >= 15 is 0 Å². The molecule has 0 amide bonds. The average Bonchev–Trinajstić information content (AvgIpc) is 2.67. The van der Waals surface area contributed by atoms with E-state index < -0.39 is 5.97 Å². The van der Waals surface area contributed by atoms with Crippen LogP contribution >= 0.6 is 11.3 Å². The van der Waals surface area contributed by atoms with Gasteiger partial charge in [0.25, 0.3) is 0 Å². The van der Waals surface area contributed by atoms with Crippen molar-refractivity contribution in [2.45, 2.75) is 26.2 Å². The highest BCUT2D eigenvalue weighted by Gasteiger charge is 2.10. The van der Waals surface area contributed by atoms with Gasteiger partial charge in [0, 0.05) is 11.3 Å². The highest BCUT2D eigenvalue weighted by molar-refractivity contribution is 7.11. The van der Waals surface area contributed by atoms with Crippen LogP contribution in [-0.2, 0) is 17.6 Å². The maximum atomic E-state index is 13.1. The van der Waals surface area contributed by atoms with E-state index in [-0.39, 0.29) is 12.2 Å². The maximum Gasteiger partial charge on any atom is 0.303 e. The Hall–Kier alpha value is -1.75. The molecule has 2 aromatic rings. The zero-order chi connectivity index (χ0) is 13.8. The van der Waals surface area contributed by atoms with Gasteiger partial charge in [0.1, 0.15) is 5.82 Å². The van der Waals surface area contributed by atoms with Gasteiger partial charge < -0.3 is 5.11 Å². The fourth-order valence-corrected chi connectivity index (χ4v) is 2.94. The molecule has 100 valence electrons. The molecule has 2 rings (SSSR count).